The molecule has 2 nitrogen and oxygen atoms in total. The van der Waals surface area contributed by atoms with Crippen LogP contribution in [0.4, 0.5) is 0 Å². The Kier molecular flexibility index (Phi) is 4.18. The lowest BCUT2D eigenvalue weighted by molar-refractivity contribution is 0.306. The topological polar surface area (TPSA) is 35.2 Å². The van der Waals surface area contributed by atoms with Crippen molar-refractivity contribution in [1.29, 1.82) is 0 Å². The van der Waals surface area contributed by atoms with Gasteiger partial charge in [-0.25, -0.2) is 0 Å². The number of hydrogen-bond acceptors (Lipinski definition) is 2. The average molecular weight is 278 g/mol. The van der Waals surface area contributed by atoms with E-state index in [0.29, 0.717) is 16.6 Å². The van der Waals surface area contributed by atoms with Crippen LogP contribution in [0.3, 0.4) is 0 Å². The summed E-state index contributed by atoms with van der Waals surface area (Å²) in [5, 5.41) is 0.717. The van der Waals surface area contributed by atoms with Gasteiger partial charge in [0.2, 0.25) is 0 Å². The van der Waals surface area contributed by atoms with Gasteiger partial charge in [0.05, 0.1) is 0 Å². The first kappa shape index (κ1) is 12.9. The van der Waals surface area contributed by atoms with Crippen molar-refractivity contribution >= 4 is 28.8 Å². The highest BCUT2D eigenvalue weighted by atomic mass is 35.5. The highest BCUT2D eigenvalue weighted by molar-refractivity contribution is 7.80. The van der Waals surface area contributed by atoms with Crippen LogP contribution >= 0.6 is 23.8 Å². The van der Waals surface area contributed by atoms with Crippen molar-refractivity contribution in [3.63, 3.8) is 0 Å². The van der Waals surface area contributed by atoms with Crippen molar-refractivity contribution < 1.29 is 4.74 Å². The molecule has 0 unspecified atom stereocenters. The lowest BCUT2D eigenvalue weighted by Gasteiger charge is -2.07. The Labute approximate surface area is 116 Å². The number of nitrogens with two attached hydrogens (primary N) is 1. The first-order chi connectivity index (χ1) is 8.65. The van der Waals surface area contributed by atoms with Crippen LogP contribution in [0, 0.1) is 0 Å². The van der Waals surface area contributed by atoms with Gasteiger partial charge in [-0.1, -0.05) is 48.1 Å². The van der Waals surface area contributed by atoms with Crippen molar-refractivity contribution in [3.8, 4) is 5.75 Å². The van der Waals surface area contributed by atoms with Gasteiger partial charge in [-0.3, -0.25) is 0 Å². The van der Waals surface area contributed by atoms with Gasteiger partial charge in [-0.15, -0.1) is 0 Å². The third-order valence-corrected chi connectivity index (χ3v) is 2.92. The molecule has 0 saturated heterocycles. The molecule has 92 valence electrons. The SMILES string of the molecule is NC(=S)c1cccc(OCc2ccc(Cl)cc2)c1. The zero-order chi connectivity index (χ0) is 13.0. The van der Waals surface area contributed by atoms with Gasteiger partial charge < -0.3 is 10.5 Å². The third-order valence-electron chi connectivity index (χ3n) is 2.44. The van der Waals surface area contributed by atoms with Gasteiger partial charge in [0.25, 0.3) is 0 Å². The summed E-state index contributed by atoms with van der Waals surface area (Å²) in [4.78, 5) is 0.368. The van der Waals surface area contributed by atoms with Crippen molar-refractivity contribution in [2.75, 3.05) is 0 Å². The minimum absolute atomic E-state index is 0.368. The fraction of sp³-hybridized carbons (Fsp3) is 0.0714. The van der Waals surface area contributed by atoms with E-state index in [1.165, 1.54) is 0 Å². The molecule has 0 spiro atoms. The van der Waals surface area contributed by atoms with E-state index in [9.17, 15) is 0 Å². The minimum Gasteiger partial charge on any atom is -0.489 e. The smallest absolute Gasteiger partial charge is 0.120 e. The summed E-state index contributed by atoms with van der Waals surface area (Å²) in [6, 6.07) is 15.0. The van der Waals surface area contributed by atoms with Gasteiger partial charge in [0.1, 0.15) is 17.3 Å². The predicted molar refractivity (Wildman–Crippen MR) is 78.1 cm³/mol. The molecule has 2 rings (SSSR count). The molecule has 2 aromatic carbocycles. The molecule has 0 amide bonds. The average Bonchev–Trinajstić information content (AvgIpc) is 2.38. The lowest BCUT2D eigenvalue weighted by Crippen LogP contribution is -2.09. The number of ether oxygens (including phenoxy) is 1. The molecule has 2 aromatic rings. The lowest BCUT2D eigenvalue weighted by atomic mass is 10.2. The summed E-state index contributed by atoms with van der Waals surface area (Å²) < 4.78 is 5.66. The maximum Gasteiger partial charge on any atom is 0.120 e. The van der Waals surface area contributed by atoms with Crippen molar-refractivity contribution in [2.45, 2.75) is 6.61 Å². The first-order valence-electron chi connectivity index (χ1n) is 5.42. The van der Waals surface area contributed by atoms with Gasteiger partial charge >= 0.3 is 0 Å². The van der Waals surface area contributed by atoms with Gasteiger partial charge in [-0.2, -0.15) is 0 Å². The molecule has 0 aliphatic rings. The fourth-order valence-electron chi connectivity index (χ4n) is 1.49. The van der Waals surface area contributed by atoms with E-state index in [2.05, 4.69) is 0 Å². The number of benzene rings is 2. The Bertz CT molecular complexity index is 554. The fourth-order valence-corrected chi connectivity index (χ4v) is 1.74. The number of thiocarbonyl (C=S) groups is 1. The summed E-state index contributed by atoms with van der Waals surface area (Å²) in [6.45, 7) is 0.484. The Balaban J connectivity index is 2.04. The Morgan fingerprint density at radius 2 is 1.89 bits per heavy atom. The molecule has 0 heterocycles. The van der Waals surface area contributed by atoms with E-state index in [1.807, 2.05) is 48.5 Å². The van der Waals surface area contributed by atoms with Crippen LogP contribution in [-0.2, 0) is 6.61 Å². The highest BCUT2D eigenvalue weighted by Crippen LogP contribution is 2.16. The van der Waals surface area contributed by atoms with Crippen LogP contribution in [0.2, 0.25) is 5.02 Å². The summed E-state index contributed by atoms with van der Waals surface area (Å²) in [5.41, 5.74) is 7.43. The van der Waals surface area contributed by atoms with E-state index in [-0.39, 0.29) is 0 Å². The van der Waals surface area contributed by atoms with E-state index < -0.39 is 0 Å². The summed E-state index contributed by atoms with van der Waals surface area (Å²) in [5.74, 6) is 0.746. The second kappa shape index (κ2) is 5.85. The zero-order valence-electron chi connectivity index (χ0n) is 9.60. The molecule has 0 radical (unpaired) electrons. The maximum absolute atomic E-state index is 5.82. The molecule has 0 saturated carbocycles. The maximum atomic E-state index is 5.82. The Morgan fingerprint density at radius 1 is 1.17 bits per heavy atom. The molecular formula is C14H12ClNOS. The summed E-state index contributed by atoms with van der Waals surface area (Å²) >= 11 is 10.7. The molecule has 0 aliphatic carbocycles. The molecule has 4 heteroatoms. The van der Waals surface area contributed by atoms with Crippen LogP contribution < -0.4 is 10.5 Å². The quantitative estimate of drug-likeness (QED) is 0.868. The van der Waals surface area contributed by atoms with Crippen LogP contribution in [-0.4, -0.2) is 4.99 Å². The molecule has 2 N–H and O–H groups in total. The zero-order valence-corrected chi connectivity index (χ0v) is 11.2. The first-order valence-corrected chi connectivity index (χ1v) is 6.21. The number of hydrogen-bond donors (Lipinski definition) is 1. The van der Waals surface area contributed by atoms with E-state index in [0.717, 1.165) is 16.9 Å². The molecular weight excluding hydrogens is 266 g/mol. The van der Waals surface area contributed by atoms with Crippen LogP contribution in [0.25, 0.3) is 0 Å². The van der Waals surface area contributed by atoms with Crippen molar-refractivity contribution in [3.05, 3.63) is 64.7 Å². The van der Waals surface area contributed by atoms with Crippen LogP contribution in [0.5, 0.6) is 5.75 Å². The second-order valence-corrected chi connectivity index (χ2v) is 4.68. The molecule has 0 fully saturated rings. The Morgan fingerprint density at radius 3 is 2.56 bits per heavy atom. The van der Waals surface area contributed by atoms with Crippen LogP contribution in [0.1, 0.15) is 11.1 Å². The molecule has 0 aliphatic heterocycles. The second-order valence-electron chi connectivity index (χ2n) is 3.81. The predicted octanol–water partition coefficient (Wildman–Crippen LogP) is 3.55. The summed E-state index contributed by atoms with van der Waals surface area (Å²) in [7, 11) is 0. The highest BCUT2D eigenvalue weighted by Gasteiger charge is 2.00. The van der Waals surface area contributed by atoms with Crippen molar-refractivity contribution in [1.82, 2.24) is 0 Å². The molecule has 0 aromatic heterocycles. The largest absolute Gasteiger partial charge is 0.489 e. The van der Waals surface area contributed by atoms with E-state index in [1.54, 1.807) is 0 Å². The van der Waals surface area contributed by atoms with Gasteiger partial charge in [0, 0.05) is 10.6 Å². The third kappa shape index (κ3) is 3.45. The van der Waals surface area contributed by atoms with Crippen LogP contribution in [0.15, 0.2) is 48.5 Å². The molecule has 18 heavy (non-hydrogen) atoms. The summed E-state index contributed by atoms with van der Waals surface area (Å²) in [6.07, 6.45) is 0. The Hall–Kier alpha value is -1.58. The number of halogens is 1. The van der Waals surface area contributed by atoms with E-state index in [4.69, 9.17) is 34.3 Å². The van der Waals surface area contributed by atoms with Gasteiger partial charge in [0.15, 0.2) is 0 Å². The standard InChI is InChI=1S/C14H12ClNOS/c15-12-6-4-10(5-7-12)9-17-13-3-1-2-11(8-13)14(16)18/h1-8H,9H2,(H2,16,18). The minimum atomic E-state index is 0.368. The normalized spacial score (nSPS) is 10.1. The molecule has 0 atom stereocenters. The monoisotopic (exact) mass is 277 g/mol. The number of rotatable bonds is 4. The molecule has 0 bridgehead atoms. The van der Waals surface area contributed by atoms with Crippen molar-refractivity contribution in [2.24, 2.45) is 5.73 Å². The van der Waals surface area contributed by atoms with Gasteiger partial charge in [-0.05, 0) is 29.8 Å². The van der Waals surface area contributed by atoms with E-state index >= 15 is 0 Å².